The van der Waals surface area contributed by atoms with Gasteiger partial charge < -0.3 is 19.7 Å². The molecule has 1 unspecified atom stereocenters. The van der Waals surface area contributed by atoms with Crippen molar-refractivity contribution in [3.63, 3.8) is 0 Å². The number of hydrogen-bond acceptors (Lipinski definition) is 6. The molecule has 3 aromatic carbocycles. The Balaban J connectivity index is 1.16. The van der Waals surface area contributed by atoms with Crippen LogP contribution in [0.1, 0.15) is 50.7 Å². The molecule has 1 atom stereocenters. The van der Waals surface area contributed by atoms with Crippen LogP contribution in [0.3, 0.4) is 0 Å². The van der Waals surface area contributed by atoms with Crippen molar-refractivity contribution in [3.8, 4) is 28.6 Å². The van der Waals surface area contributed by atoms with E-state index in [4.69, 9.17) is 4.74 Å². The number of methoxy groups -OCH3 is 1. The van der Waals surface area contributed by atoms with Crippen molar-refractivity contribution in [1.82, 2.24) is 20.1 Å². The van der Waals surface area contributed by atoms with Crippen LogP contribution >= 0.6 is 11.8 Å². The first-order valence-corrected chi connectivity index (χ1v) is 16.3. The molecular weight excluding hydrogens is 629 g/mol. The molecular formula is C34H37F3N6O3S. The summed E-state index contributed by atoms with van der Waals surface area (Å²) in [6, 6.07) is 18.8. The summed E-state index contributed by atoms with van der Waals surface area (Å²) >= 11 is 1.59. The maximum atomic E-state index is 13.0. The van der Waals surface area contributed by atoms with Crippen LogP contribution in [-0.2, 0) is 6.42 Å². The first-order valence-electron chi connectivity index (χ1n) is 15.3. The Morgan fingerprint density at radius 1 is 1.04 bits per heavy atom. The molecule has 1 fully saturated rings. The van der Waals surface area contributed by atoms with E-state index in [1.54, 1.807) is 18.9 Å². The summed E-state index contributed by atoms with van der Waals surface area (Å²) in [7, 11) is 1.65. The second-order valence-electron chi connectivity index (χ2n) is 11.5. The van der Waals surface area contributed by atoms with E-state index in [1.807, 2.05) is 43.3 Å². The van der Waals surface area contributed by atoms with E-state index in [0.717, 1.165) is 54.1 Å². The highest BCUT2D eigenvalue weighted by molar-refractivity contribution is 8.14. The van der Waals surface area contributed by atoms with Crippen LogP contribution in [0.15, 0.2) is 78.0 Å². The van der Waals surface area contributed by atoms with Gasteiger partial charge in [0.2, 0.25) is 0 Å². The van der Waals surface area contributed by atoms with Gasteiger partial charge in [0.1, 0.15) is 17.8 Å². The molecule has 0 bridgehead atoms. The van der Waals surface area contributed by atoms with Crippen molar-refractivity contribution in [2.45, 2.75) is 58.4 Å². The Bertz CT molecular complexity index is 1690. The lowest BCUT2D eigenvalue weighted by Gasteiger charge is -2.32. The number of rotatable bonds is 10. The average molecular weight is 667 g/mol. The second-order valence-corrected chi connectivity index (χ2v) is 12.5. The van der Waals surface area contributed by atoms with Crippen molar-refractivity contribution in [3.05, 3.63) is 84.2 Å². The summed E-state index contributed by atoms with van der Waals surface area (Å²) in [6.45, 7) is 7.05. The van der Waals surface area contributed by atoms with Crippen LogP contribution in [-0.4, -0.2) is 57.8 Å². The predicted octanol–water partition coefficient (Wildman–Crippen LogP) is 8.00. The van der Waals surface area contributed by atoms with Gasteiger partial charge in [0, 0.05) is 35.7 Å². The standard InChI is InChI=1S/C34H37F3N6O3S/c1-22(2)29-17-16-28(45-4)20-30(29)42-18-5-19-47-33(42)40-32(44)39-23(3)6-7-24-8-10-25(11-9-24)31-38-21-43(41-31)26-12-14-27(15-13-26)46-34(35,36)37/h8-17,20-23H,5-7,18-19H2,1-4H3,(H,39,44)/b40-33-. The van der Waals surface area contributed by atoms with Gasteiger partial charge in [-0.2, -0.15) is 4.99 Å². The first kappa shape index (κ1) is 33.8. The van der Waals surface area contributed by atoms with Gasteiger partial charge in [-0.15, -0.1) is 18.3 Å². The number of carbonyl (C=O) groups excluding carboxylic acids is 1. The molecule has 1 saturated heterocycles. The third kappa shape index (κ3) is 9.06. The molecule has 4 aromatic rings. The number of nitrogens with one attached hydrogen (secondary N) is 1. The fraction of sp³-hybridized carbons (Fsp3) is 0.353. The van der Waals surface area contributed by atoms with Gasteiger partial charge in [-0.1, -0.05) is 55.9 Å². The normalized spacial score (nSPS) is 15.1. The number of urea groups is 1. The minimum Gasteiger partial charge on any atom is -0.497 e. The molecule has 1 N–H and O–H groups in total. The number of benzene rings is 3. The Kier molecular flexibility index (Phi) is 10.7. The van der Waals surface area contributed by atoms with Gasteiger partial charge in [-0.3, -0.25) is 0 Å². The molecule has 0 radical (unpaired) electrons. The lowest BCUT2D eigenvalue weighted by Crippen LogP contribution is -2.38. The number of amidine groups is 1. The van der Waals surface area contributed by atoms with Gasteiger partial charge in [-0.05, 0) is 73.6 Å². The number of aliphatic imine (C=N–C) groups is 1. The zero-order chi connectivity index (χ0) is 33.6. The molecule has 1 aromatic heterocycles. The van der Waals surface area contributed by atoms with Crippen molar-refractivity contribution in [2.24, 2.45) is 4.99 Å². The Morgan fingerprint density at radius 2 is 1.77 bits per heavy atom. The molecule has 2 heterocycles. The minimum atomic E-state index is -4.75. The van der Waals surface area contributed by atoms with Gasteiger partial charge in [0.05, 0.1) is 12.8 Å². The van der Waals surface area contributed by atoms with E-state index < -0.39 is 6.36 Å². The molecule has 47 heavy (non-hydrogen) atoms. The average Bonchev–Trinajstić information content (AvgIpc) is 3.54. The molecule has 1 aliphatic heterocycles. The Hall–Kier alpha value is -4.52. The fourth-order valence-electron chi connectivity index (χ4n) is 5.17. The lowest BCUT2D eigenvalue weighted by molar-refractivity contribution is -0.274. The van der Waals surface area contributed by atoms with E-state index >= 15 is 0 Å². The van der Waals surface area contributed by atoms with Crippen molar-refractivity contribution in [2.75, 3.05) is 24.3 Å². The van der Waals surface area contributed by atoms with Crippen molar-refractivity contribution in [1.29, 1.82) is 0 Å². The topological polar surface area (TPSA) is 93.9 Å². The highest BCUT2D eigenvalue weighted by Crippen LogP contribution is 2.35. The van der Waals surface area contributed by atoms with Crippen LogP contribution in [0.2, 0.25) is 0 Å². The first-order chi connectivity index (χ1) is 22.5. The quantitative estimate of drug-likeness (QED) is 0.183. The number of nitrogens with zero attached hydrogens (tertiary/aromatic N) is 5. The second kappa shape index (κ2) is 14.9. The largest absolute Gasteiger partial charge is 0.573 e. The SMILES string of the molecule is COc1ccc(C(C)C)c(N2CCCS/C2=N\C(=O)NC(C)CCc2ccc(-c3ncn(-c4ccc(OC(F)(F)F)cc4)n3)cc2)c1. The third-order valence-electron chi connectivity index (χ3n) is 7.61. The lowest BCUT2D eigenvalue weighted by atomic mass is 10.00. The molecule has 248 valence electrons. The van der Waals surface area contributed by atoms with Crippen LogP contribution in [0, 0.1) is 0 Å². The van der Waals surface area contributed by atoms with Gasteiger partial charge >= 0.3 is 12.4 Å². The number of carbonyl (C=O) groups is 1. The van der Waals surface area contributed by atoms with Crippen LogP contribution in [0.4, 0.5) is 23.7 Å². The fourth-order valence-corrected chi connectivity index (χ4v) is 6.12. The monoisotopic (exact) mass is 666 g/mol. The van der Waals surface area contributed by atoms with Gasteiger partial charge in [0.15, 0.2) is 11.0 Å². The Labute approximate surface area is 276 Å². The van der Waals surface area contributed by atoms with E-state index in [-0.39, 0.29) is 17.8 Å². The highest BCUT2D eigenvalue weighted by atomic mass is 32.2. The molecule has 0 spiro atoms. The maximum absolute atomic E-state index is 13.0. The summed E-state index contributed by atoms with van der Waals surface area (Å²) in [6.07, 6.45) is -0.787. The summed E-state index contributed by atoms with van der Waals surface area (Å²) < 4.78 is 48.2. The summed E-state index contributed by atoms with van der Waals surface area (Å²) in [5.74, 6) is 2.15. The van der Waals surface area contributed by atoms with Gasteiger partial charge in [-0.25, -0.2) is 14.5 Å². The smallest absolute Gasteiger partial charge is 0.497 e. The molecule has 2 amide bonds. The number of anilines is 1. The summed E-state index contributed by atoms with van der Waals surface area (Å²) in [5.41, 5.74) is 4.64. The Morgan fingerprint density at radius 3 is 2.45 bits per heavy atom. The van der Waals surface area contributed by atoms with E-state index in [2.05, 4.69) is 49.9 Å². The molecule has 13 heteroatoms. The molecule has 0 saturated carbocycles. The molecule has 1 aliphatic rings. The number of halogens is 3. The van der Waals surface area contributed by atoms with Gasteiger partial charge in [0.25, 0.3) is 0 Å². The van der Waals surface area contributed by atoms with Crippen LogP contribution in [0.25, 0.3) is 17.1 Å². The van der Waals surface area contributed by atoms with Crippen LogP contribution < -0.4 is 19.7 Å². The molecule has 9 nitrogen and oxygen atoms in total. The highest BCUT2D eigenvalue weighted by Gasteiger charge is 2.31. The number of hydrogen-bond donors (Lipinski definition) is 1. The summed E-state index contributed by atoms with van der Waals surface area (Å²) in [5, 5.41) is 8.17. The predicted molar refractivity (Wildman–Crippen MR) is 179 cm³/mol. The van der Waals surface area contributed by atoms with E-state index in [0.29, 0.717) is 22.6 Å². The maximum Gasteiger partial charge on any atom is 0.573 e. The number of thioether (sulfide) groups is 1. The number of aromatic nitrogens is 3. The number of amides is 2. The minimum absolute atomic E-state index is 0.0955. The molecule has 0 aliphatic carbocycles. The molecule has 5 rings (SSSR count). The van der Waals surface area contributed by atoms with Crippen molar-refractivity contribution >= 4 is 28.6 Å². The number of alkyl halides is 3. The van der Waals surface area contributed by atoms with Crippen LogP contribution in [0.5, 0.6) is 11.5 Å². The third-order valence-corrected chi connectivity index (χ3v) is 8.67. The summed E-state index contributed by atoms with van der Waals surface area (Å²) in [4.78, 5) is 23.9. The zero-order valence-corrected chi connectivity index (χ0v) is 27.4. The number of ether oxygens (including phenoxy) is 2. The van der Waals surface area contributed by atoms with E-state index in [9.17, 15) is 18.0 Å². The zero-order valence-electron chi connectivity index (χ0n) is 26.6. The number of aryl methyl sites for hydroxylation is 1. The van der Waals surface area contributed by atoms with E-state index in [1.165, 1.54) is 40.8 Å². The van der Waals surface area contributed by atoms with Crippen molar-refractivity contribution < 1.29 is 27.4 Å².